The lowest BCUT2D eigenvalue weighted by atomic mass is 10.1. The highest BCUT2D eigenvalue weighted by Crippen LogP contribution is 2.42. The van der Waals surface area contributed by atoms with E-state index in [0.29, 0.717) is 0 Å². The molecule has 0 N–H and O–H groups in total. The topological polar surface area (TPSA) is 24.7 Å². The summed E-state index contributed by atoms with van der Waals surface area (Å²) in [7, 11) is 0. The molecule has 0 amide bonds. The van der Waals surface area contributed by atoms with Crippen molar-refractivity contribution in [3.63, 3.8) is 0 Å². The number of unbranched alkanes of at least 4 members (excludes halogenated alkanes) is 6. The Labute approximate surface area is 200 Å². The quantitative estimate of drug-likeness (QED) is 0.135. The van der Waals surface area contributed by atoms with Gasteiger partial charge in [0.15, 0.2) is 5.69 Å². The maximum atomic E-state index is 4.77. The maximum absolute atomic E-state index is 4.77. The van der Waals surface area contributed by atoms with E-state index in [9.17, 15) is 0 Å². The smallest absolute Gasteiger partial charge is 0.165 e. The number of benzene rings is 3. The minimum Gasteiger partial charge on any atom is -0.257 e. The molecule has 0 aliphatic rings. The predicted octanol–water partition coefficient (Wildman–Crippen LogP) is 9.90. The Morgan fingerprint density at radius 1 is 0.545 bits per heavy atom. The highest BCUT2D eigenvalue weighted by Gasteiger charge is 2.34. The second-order valence-corrected chi connectivity index (χ2v) is 8.90. The molecule has 3 nitrogen and oxygen atoms in total. The van der Waals surface area contributed by atoms with Crippen LogP contribution in [0.15, 0.2) is 95.2 Å². The molecule has 0 radical (unpaired) electrons. The van der Waals surface area contributed by atoms with Crippen molar-refractivity contribution in [1.29, 1.82) is 0 Å². The van der Waals surface area contributed by atoms with Crippen molar-refractivity contribution in [2.24, 2.45) is 10.2 Å². The van der Waals surface area contributed by atoms with Crippen LogP contribution in [0.5, 0.6) is 0 Å². The molecular weight excluding hydrogens is 402 g/mol. The van der Waals surface area contributed by atoms with Crippen LogP contribution >= 0.6 is 0 Å². The molecule has 0 aromatic heterocycles. The van der Waals surface area contributed by atoms with Crippen LogP contribution in [0, 0.1) is 0 Å². The molecule has 0 saturated heterocycles. The van der Waals surface area contributed by atoms with E-state index in [0.717, 1.165) is 28.9 Å². The molecule has 0 unspecified atom stereocenters. The monoisotopic (exact) mass is 442 g/mol. The Morgan fingerprint density at radius 2 is 1.09 bits per heavy atom. The first kappa shape index (κ1) is 24.9. The summed E-state index contributed by atoms with van der Waals surface area (Å²) in [6.07, 6.45) is 10.0. The van der Waals surface area contributed by atoms with Crippen LogP contribution in [0.4, 0.5) is 22.7 Å². The Kier molecular flexibility index (Phi) is 10.3. The molecule has 3 aromatic rings. The van der Waals surface area contributed by atoms with Gasteiger partial charge in [-0.05, 0) is 56.0 Å². The molecule has 0 bridgehead atoms. The number of azo groups is 1. The lowest BCUT2D eigenvalue weighted by molar-refractivity contribution is 0.356. The van der Waals surface area contributed by atoms with E-state index in [1.54, 1.807) is 0 Å². The fraction of sp³-hybridized carbons (Fsp3) is 0.400. The third-order valence-electron chi connectivity index (χ3n) is 6.41. The molecule has 3 rings (SSSR count). The van der Waals surface area contributed by atoms with Gasteiger partial charge in [-0.3, -0.25) is 4.48 Å². The van der Waals surface area contributed by atoms with Gasteiger partial charge in [-0.2, -0.15) is 5.11 Å². The lowest BCUT2D eigenvalue weighted by Crippen LogP contribution is -2.46. The normalized spacial score (nSPS) is 11.8. The largest absolute Gasteiger partial charge is 0.257 e. The Morgan fingerprint density at radius 3 is 1.70 bits per heavy atom. The van der Waals surface area contributed by atoms with Crippen molar-refractivity contribution in [2.75, 3.05) is 13.1 Å². The highest BCUT2D eigenvalue weighted by molar-refractivity contribution is 5.70. The zero-order valence-electron chi connectivity index (χ0n) is 20.5. The summed E-state index contributed by atoms with van der Waals surface area (Å²) in [6, 6.07) is 29.7. The predicted molar refractivity (Wildman–Crippen MR) is 143 cm³/mol. The standard InChI is InChI=1S/C30H40N3/c1-3-5-7-17-25-33(26-18-8-6-4-2,28-21-13-10-14-22-28)30-24-16-15-23-29(30)32-31-27-19-11-9-12-20-27/h9-16,19-24H,3-8,17-18,25-26H2,1-2H3/q+1. The molecule has 0 aliphatic heterocycles. The number of hydrogen-bond acceptors (Lipinski definition) is 2. The van der Waals surface area contributed by atoms with Crippen molar-refractivity contribution in [3.8, 4) is 0 Å². The molecule has 0 saturated carbocycles. The number of para-hydroxylation sites is 2. The van der Waals surface area contributed by atoms with Crippen LogP contribution in [-0.4, -0.2) is 13.1 Å². The molecule has 3 heteroatoms. The first-order valence-corrected chi connectivity index (χ1v) is 12.8. The van der Waals surface area contributed by atoms with Crippen molar-refractivity contribution in [1.82, 2.24) is 4.48 Å². The van der Waals surface area contributed by atoms with Gasteiger partial charge in [-0.25, -0.2) is 0 Å². The van der Waals surface area contributed by atoms with E-state index in [2.05, 4.69) is 73.6 Å². The second kappa shape index (κ2) is 13.7. The van der Waals surface area contributed by atoms with Gasteiger partial charge in [0.05, 0.1) is 18.8 Å². The van der Waals surface area contributed by atoms with Gasteiger partial charge >= 0.3 is 0 Å². The van der Waals surface area contributed by atoms with Gasteiger partial charge in [0.25, 0.3) is 0 Å². The van der Waals surface area contributed by atoms with Crippen molar-refractivity contribution >= 4 is 22.7 Å². The van der Waals surface area contributed by atoms with Gasteiger partial charge in [0.1, 0.15) is 11.4 Å². The Bertz CT molecular complexity index is 939. The van der Waals surface area contributed by atoms with Gasteiger partial charge in [-0.1, -0.05) is 88.1 Å². The van der Waals surface area contributed by atoms with Gasteiger partial charge in [0, 0.05) is 6.07 Å². The molecule has 0 fully saturated rings. The Balaban J connectivity index is 2.04. The summed E-state index contributed by atoms with van der Waals surface area (Å²) in [5.41, 5.74) is 4.47. The van der Waals surface area contributed by atoms with E-state index in [-0.39, 0.29) is 0 Å². The summed E-state index contributed by atoms with van der Waals surface area (Å²) in [5.74, 6) is 0. The third kappa shape index (κ3) is 7.10. The number of hydrogen-bond donors (Lipinski definition) is 0. The minimum absolute atomic E-state index is 0.845. The average molecular weight is 443 g/mol. The van der Waals surface area contributed by atoms with E-state index in [1.165, 1.54) is 62.7 Å². The van der Waals surface area contributed by atoms with E-state index >= 15 is 0 Å². The molecule has 174 valence electrons. The summed E-state index contributed by atoms with van der Waals surface area (Å²) >= 11 is 0. The summed E-state index contributed by atoms with van der Waals surface area (Å²) < 4.78 is 0.845. The molecule has 0 aliphatic carbocycles. The highest BCUT2D eigenvalue weighted by atomic mass is 15.4. The van der Waals surface area contributed by atoms with Gasteiger partial charge < -0.3 is 0 Å². The first-order chi connectivity index (χ1) is 16.3. The Hall–Kier alpha value is -2.78. The summed E-state index contributed by atoms with van der Waals surface area (Å²) in [6.45, 7) is 6.74. The van der Waals surface area contributed by atoms with Crippen LogP contribution in [0.1, 0.15) is 65.2 Å². The van der Waals surface area contributed by atoms with Gasteiger partial charge in [-0.15, -0.1) is 5.11 Å². The average Bonchev–Trinajstić information content (AvgIpc) is 2.88. The number of quaternary nitrogens is 1. The maximum Gasteiger partial charge on any atom is 0.165 e. The molecule has 3 aromatic carbocycles. The zero-order valence-corrected chi connectivity index (χ0v) is 20.5. The lowest BCUT2D eigenvalue weighted by Gasteiger charge is -2.38. The molecule has 0 heterocycles. The third-order valence-corrected chi connectivity index (χ3v) is 6.41. The van der Waals surface area contributed by atoms with Crippen molar-refractivity contribution < 1.29 is 0 Å². The second-order valence-electron chi connectivity index (χ2n) is 8.90. The zero-order chi connectivity index (χ0) is 23.2. The van der Waals surface area contributed by atoms with Crippen LogP contribution in [0.3, 0.4) is 0 Å². The number of rotatable bonds is 14. The fourth-order valence-electron chi connectivity index (χ4n) is 4.60. The van der Waals surface area contributed by atoms with Gasteiger partial charge in [0.2, 0.25) is 0 Å². The van der Waals surface area contributed by atoms with Crippen molar-refractivity contribution in [2.45, 2.75) is 65.2 Å². The van der Waals surface area contributed by atoms with Crippen LogP contribution in [0.25, 0.3) is 0 Å². The van der Waals surface area contributed by atoms with Crippen LogP contribution in [-0.2, 0) is 0 Å². The van der Waals surface area contributed by atoms with Crippen LogP contribution in [0.2, 0.25) is 0 Å². The summed E-state index contributed by atoms with van der Waals surface area (Å²) in [5, 5.41) is 9.34. The van der Waals surface area contributed by atoms with Crippen molar-refractivity contribution in [3.05, 3.63) is 84.9 Å². The fourth-order valence-corrected chi connectivity index (χ4v) is 4.60. The molecule has 0 atom stereocenters. The van der Waals surface area contributed by atoms with Crippen LogP contribution < -0.4 is 4.48 Å². The molecule has 33 heavy (non-hydrogen) atoms. The molecule has 0 spiro atoms. The van der Waals surface area contributed by atoms with E-state index in [4.69, 9.17) is 5.11 Å². The summed E-state index contributed by atoms with van der Waals surface area (Å²) in [4.78, 5) is 0. The number of nitrogens with zero attached hydrogens (tertiary/aromatic N) is 3. The van der Waals surface area contributed by atoms with E-state index < -0.39 is 0 Å². The SMILES string of the molecule is CCCCCC[N+](CCCCCC)(c1ccccc1)c1ccccc1N=Nc1ccccc1. The minimum atomic E-state index is 0.845. The van der Waals surface area contributed by atoms with E-state index in [1.807, 2.05) is 30.3 Å². The first-order valence-electron chi connectivity index (χ1n) is 12.8. The molecular formula is C30H40N3+.